The van der Waals surface area contributed by atoms with Crippen LogP contribution in [0.2, 0.25) is 0 Å². The molecule has 6 heteroatoms. The molecule has 0 spiro atoms. The van der Waals surface area contributed by atoms with Gasteiger partial charge < -0.3 is 15.2 Å². The Balaban J connectivity index is 2.01. The van der Waals surface area contributed by atoms with E-state index >= 15 is 0 Å². The minimum absolute atomic E-state index is 0.0672. The third-order valence-corrected chi connectivity index (χ3v) is 4.18. The highest BCUT2D eigenvalue weighted by atomic mass is 32.2. The number of phenolic OH excluding ortho intramolecular Hbond substituents is 1. The van der Waals surface area contributed by atoms with Gasteiger partial charge in [0.05, 0.1) is 12.9 Å². The number of nitrogens with one attached hydrogen (secondary N) is 1. The van der Waals surface area contributed by atoms with Crippen molar-refractivity contribution >= 4 is 9.84 Å². The topological polar surface area (TPSA) is 75.6 Å². The summed E-state index contributed by atoms with van der Waals surface area (Å²) in [5.41, 5.74) is 0.673. The van der Waals surface area contributed by atoms with Crippen molar-refractivity contribution in [3.63, 3.8) is 0 Å². The average Bonchev–Trinajstić information content (AvgIpc) is 2.68. The van der Waals surface area contributed by atoms with E-state index in [1.807, 2.05) is 0 Å². The Morgan fingerprint density at radius 1 is 1.50 bits per heavy atom. The lowest BCUT2D eigenvalue weighted by molar-refractivity contribution is 0.369. The fraction of sp³-hybridized carbons (Fsp3) is 0.333. The molecule has 1 atom stereocenters. The summed E-state index contributed by atoms with van der Waals surface area (Å²) >= 11 is 0. The molecule has 1 aliphatic heterocycles. The summed E-state index contributed by atoms with van der Waals surface area (Å²) in [4.78, 5) is 0. The first-order chi connectivity index (χ1) is 8.52. The molecular formula is C12H15NO4S. The standard InChI is InChI=1S/C12H15NO4S/c1-17-11-4-2-3-9(12(11)14)7-13-10-5-6-18(15,16)8-10/h2-6,10,13-14H,7-8H2,1H3. The predicted molar refractivity (Wildman–Crippen MR) is 68.2 cm³/mol. The van der Waals surface area contributed by atoms with Crippen molar-refractivity contribution in [2.75, 3.05) is 12.9 Å². The Bertz CT molecular complexity index is 565. The van der Waals surface area contributed by atoms with E-state index in [4.69, 9.17) is 4.74 Å². The molecule has 18 heavy (non-hydrogen) atoms. The van der Waals surface area contributed by atoms with Gasteiger partial charge in [-0.15, -0.1) is 0 Å². The van der Waals surface area contributed by atoms with E-state index in [1.54, 1.807) is 24.3 Å². The molecule has 2 N–H and O–H groups in total. The monoisotopic (exact) mass is 269 g/mol. The SMILES string of the molecule is COc1cccc(CNC2C=CS(=O)(=O)C2)c1O. The van der Waals surface area contributed by atoms with Gasteiger partial charge in [-0.1, -0.05) is 18.2 Å². The maximum Gasteiger partial charge on any atom is 0.173 e. The first-order valence-electron chi connectivity index (χ1n) is 5.51. The second-order valence-electron chi connectivity index (χ2n) is 4.11. The molecule has 1 heterocycles. The van der Waals surface area contributed by atoms with E-state index < -0.39 is 9.84 Å². The van der Waals surface area contributed by atoms with E-state index in [0.29, 0.717) is 17.9 Å². The minimum Gasteiger partial charge on any atom is -0.504 e. The smallest absolute Gasteiger partial charge is 0.173 e. The zero-order valence-corrected chi connectivity index (χ0v) is 10.8. The molecule has 1 aliphatic rings. The van der Waals surface area contributed by atoms with Gasteiger partial charge in [0, 0.05) is 23.6 Å². The van der Waals surface area contributed by atoms with Crippen LogP contribution in [0.3, 0.4) is 0 Å². The Kier molecular flexibility index (Phi) is 3.58. The molecule has 2 rings (SSSR count). The largest absolute Gasteiger partial charge is 0.504 e. The number of methoxy groups -OCH3 is 1. The summed E-state index contributed by atoms with van der Waals surface area (Å²) in [6.07, 6.45) is 1.62. The first kappa shape index (κ1) is 12.9. The van der Waals surface area contributed by atoms with Crippen molar-refractivity contribution in [3.05, 3.63) is 35.2 Å². The van der Waals surface area contributed by atoms with Gasteiger partial charge in [0.1, 0.15) is 0 Å². The third-order valence-electron chi connectivity index (χ3n) is 2.79. The summed E-state index contributed by atoms with van der Waals surface area (Å²) in [6.45, 7) is 0.383. The Morgan fingerprint density at radius 3 is 2.89 bits per heavy atom. The third kappa shape index (κ3) is 2.83. The minimum atomic E-state index is -3.05. The number of para-hydroxylation sites is 1. The molecule has 0 fully saturated rings. The molecule has 0 bridgehead atoms. The van der Waals surface area contributed by atoms with Gasteiger partial charge in [0.25, 0.3) is 0 Å². The number of rotatable bonds is 4. The number of sulfone groups is 1. The maximum absolute atomic E-state index is 11.2. The highest BCUT2D eigenvalue weighted by Crippen LogP contribution is 2.29. The molecule has 1 unspecified atom stereocenters. The summed E-state index contributed by atoms with van der Waals surface area (Å²) in [6, 6.07) is 4.99. The zero-order valence-electron chi connectivity index (χ0n) is 9.96. The van der Waals surface area contributed by atoms with E-state index in [-0.39, 0.29) is 17.5 Å². The molecule has 1 aromatic carbocycles. The number of hydrogen-bond acceptors (Lipinski definition) is 5. The van der Waals surface area contributed by atoms with Crippen LogP contribution in [0.5, 0.6) is 11.5 Å². The first-order valence-corrected chi connectivity index (χ1v) is 7.22. The lowest BCUT2D eigenvalue weighted by Gasteiger charge is -2.12. The number of hydrogen-bond donors (Lipinski definition) is 2. The van der Waals surface area contributed by atoms with Gasteiger partial charge >= 0.3 is 0 Å². The molecule has 0 radical (unpaired) electrons. The van der Waals surface area contributed by atoms with E-state index in [0.717, 1.165) is 0 Å². The summed E-state index contributed by atoms with van der Waals surface area (Å²) in [5.74, 6) is 0.554. The second-order valence-corrected chi connectivity index (χ2v) is 6.04. The molecule has 0 amide bonds. The number of phenols is 1. The highest BCUT2D eigenvalue weighted by molar-refractivity contribution is 7.94. The van der Waals surface area contributed by atoms with E-state index in [1.165, 1.54) is 12.5 Å². The van der Waals surface area contributed by atoms with Crippen molar-refractivity contribution in [1.82, 2.24) is 5.32 Å². The second kappa shape index (κ2) is 4.99. The Morgan fingerprint density at radius 2 is 2.28 bits per heavy atom. The van der Waals surface area contributed by atoms with Crippen LogP contribution < -0.4 is 10.1 Å². The van der Waals surface area contributed by atoms with Gasteiger partial charge in [-0.3, -0.25) is 0 Å². The van der Waals surface area contributed by atoms with Crippen molar-refractivity contribution in [2.45, 2.75) is 12.6 Å². The molecule has 0 aliphatic carbocycles. The van der Waals surface area contributed by atoms with Crippen molar-refractivity contribution in [3.8, 4) is 11.5 Å². The predicted octanol–water partition coefficient (Wildman–Crippen LogP) is 0.801. The molecule has 0 saturated heterocycles. The fourth-order valence-electron chi connectivity index (χ4n) is 1.82. The number of aromatic hydroxyl groups is 1. The van der Waals surface area contributed by atoms with Gasteiger partial charge in [-0.05, 0) is 6.07 Å². The van der Waals surface area contributed by atoms with Crippen LogP contribution >= 0.6 is 0 Å². The lowest BCUT2D eigenvalue weighted by Crippen LogP contribution is -2.29. The molecule has 1 aromatic rings. The van der Waals surface area contributed by atoms with Crippen LogP contribution in [0.25, 0.3) is 0 Å². The molecular weight excluding hydrogens is 254 g/mol. The van der Waals surface area contributed by atoms with Crippen molar-refractivity contribution < 1.29 is 18.3 Å². The van der Waals surface area contributed by atoms with Crippen LogP contribution in [0, 0.1) is 0 Å². The van der Waals surface area contributed by atoms with Gasteiger partial charge in [0.2, 0.25) is 0 Å². The van der Waals surface area contributed by atoms with Crippen molar-refractivity contribution in [2.24, 2.45) is 0 Å². The Hall–Kier alpha value is -1.53. The van der Waals surface area contributed by atoms with Crippen LogP contribution in [0.4, 0.5) is 0 Å². The summed E-state index contributed by atoms with van der Waals surface area (Å²) < 4.78 is 27.4. The van der Waals surface area contributed by atoms with Crippen LogP contribution in [-0.4, -0.2) is 32.4 Å². The Labute approximate surface area is 106 Å². The zero-order chi connectivity index (χ0) is 13.2. The highest BCUT2D eigenvalue weighted by Gasteiger charge is 2.21. The molecule has 0 saturated carbocycles. The number of ether oxygens (including phenoxy) is 1. The average molecular weight is 269 g/mol. The van der Waals surface area contributed by atoms with Gasteiger partial charge in [0.15, 0.2) is 21.3 Å². The maximum atomic E-state index is 11.2. The number of benzene rings is 1. The summed E-state index contributed by atoms with van der Waals surface area (Å²) in [5, 5.41) is 14.1. The van der Waals surface area contributed by atoms with Crippen molar-refractivity contribution in [1.29, 1.82) is 0 Å². The van der Waals surface area contributed by atoms with Crippen LogP contribution in [-0.2, 0) is 16.4 Å². The molecule has 0 aromatic heterocycles. The fourth-order valence-corrected chi connectivity index (χ4v) is 3.09. The molecule has 5 nitrogen and oxygen atoms in total. The van der Waals surface area contributed by atoms with Crippen LogP contribution in [0.1, 0.15) is 5.56 Å². The van der Waals surface area contributed by atoms with Gasteiger partial charge in [-0.2, -0.15) is 0 Å². The van der Waals surface area contributed by atoms with Gasteiger partial charge in [-0.25, -0.2) is 8.42 Å². The van der Waals surface area contributed by atoms with E-state index in [2.05, 4.69) is 5.32 Å². The normalized spacial score (nSPS) is 21.1. The van der Waals surface area contributed by atoms with E-state index in [9.17, 15) is 13.5 Å². The quantitative estimate of drug-likeness (QED) is 0.845. The van der Waals surface area contributed by atoms with Crippen LogP contribution in [0.15, 0.2) is 29.7 Å². The molecule has 98 valence electrons. The lowest BCUT2D eigenvalue weighted by atomic mass is 10.1. The summed E-state index contributed by atoms with van der Waals surface area (Å²) in [7, 11) is -1.57.